The summed E-state index contributed by atoms with van der Waals surface area (Å²) in [5, 5.41) is 0. The molecular weight excluding hydrogens is 230 g/mol. The molecule has 0 unspecified atom stereocenters. The first kappa shape index (κ1) is 12.3. The molecule has 0 saturated heterocycles. The number of unbranched alkanes of at least 4 members (excludes halogenated alkanes) is 2. The summed E-state index contributed by atoms with van der Waals surface area (Å²) in [5.74, 6) is 3.22. The van der Waals surface area contributed by atoms with Crippen molar-refractivity contribution < 1.29 is 0 Å². The lowest BCUT2D eigenvalue weighted by atomic mass is 10.3. The van der Waals surface area contributed by atoms with Gasteiger partial charge in [0.25, 0.3) is 0 Å². The zero-order valence-corrected chi connectivity index (χ0v) is 11.0. The van der Waals surface area contributed by atoms with Crippen molar-refractivity contribution in [3.8, 4) is 0 Å². The molecular formula is C13H19N3S. The molecule has 0 fully saturated rings. The molecule has 1 heterocycles. The lowest BCUT2D eigenvalue weighted by Gasteiger charge is -1.97. The maximum atomic E-state index is 5.74. The Morgan fingerprint density at radius 2 is 2.24 bits per heavy atom. The lowest BCUT2D eigenvalue weighted by Crippen LogP contribution is -1.86. The number of nitrogens with one attached hydrogen (secondary N) is 1. The summed E-state index contributed by atoms with van der Waals surface area (Å²) in [6, 6.07) is 5.79. The van der Waals surface area contributed by atoms with Crippen molar-refractivity contribution in [2.45, 2.75) is 31.9 Å². The second kappa shape index (κ2) is 5.96. The van der Waals surface area contributed by atoms with Crippen molar-refractivity contribution in [3.05, 3.63) is 24.0 Å². The van der Waals surface area contributed by atoms with E-state index in [0.717, 1.165) is 28.3 Å². The van der Waals surface area contributed by atoms with Gasteiger partial charge in [0.2, 0.25) is 0 Å². The molecule has 92 valence electrons. The van der Waals surface area contributed by atoms with Gasteiger partial charge in [-0.3, -0.25) is 0 Å². The second-order valence-electron chi connectivity index (χ2n) is 4.22. The zero-order chi connectivity index (χ0) is 12.1. The Bertz CT molecular complexity index is 478. The Hall–Kier alpha value is -1.16. The van der Waals surface area contributed by atoms with Crippen LogP contribution >= 0.6 is 11.8 Å². The van der Waals surface area contributed by atoms with E-state index >= 15 is 0 Å². The second-order valence-corrected chi connectivity index (χ2v) is 5.32. The predicted octanol–water partition coefficient (Wildman–Crippen LogP) is 3.57. The minimum absolute atomic E-state index is 0.781. The van der Waals surface area contributed by atoms with E-state index in [9.17, 15) is 0 Å². The van der Waals surface area contributed by atoms with Crippen LogP contribution in [0.4, 0.5) is 5.69 Å². The van der Waals surface area contributed by atoms with E-state index in [0.29, 0.717) is 0 Å². The third-order valence-corrected chi connectivity index (χ3v) is 3.74. The Morgan fingerprint density at radius 1 is 1.35 bits per heavy atom. The van der Waals surface area contributed by atoms with Gasteiger partial charge in [-0.15, -0.1) is 0 Å². The van der Waals surface area contributed by atoms with Crippen molar-refractivity contribution >= 4 is 28.5 Å². The van der Waals surface area contributed by atoms with Crippen molar-refractivity contribution in [2.24, 2.45) is 0 Å². The number of nitrogens with two attached hydrogens (primary N) is 1. The number of hydrogen-bond donors (Lipinski definition) is 2. The average molecular weight is 249 g/mol. The average Bonchev–Trinajstić information content (AvgIpc) is 2.70. The highest BCUT2D eigenvalue weighted by molar-refractivity contribution is 7.98. The van der Waals surface area contributed by atoms with E-state index in [2.05, 4.69) is 16.9 Å². The molecule has 0 spiro atoms. The first-order valence-corrected chi connectivity index (χ1v) is 7.27. The molecule has 0 aliphatic rings. The van der Waals surface area contributed by atoms with Gasteiger partial charge in [0, 0.05) is 5.69 Å². The summed E-state index contributed by atoms with van der Waals surface area (Å²) in [5.41, 5.74) is 8.56. The van der Waals surface area contributed by atoms with E-state index < -0.39 is 0 Å². The van der Waals surface area contributed by atoms with Crippen molar-refractivity contribution in [3.63, 3.8) is 0 Å². The third-order valence-electron chi connectivity index (χ3n) is 2.69. The largest absolute Gasteiger partial charge is 0.399 e. The van der Waals surface area contributed by atoms with Crippen LogP contribution in [0.2, 0.25) is 0 Å². The molecule has 0 bridgehead atoms. The van der Waals surface area contributed by atoms with Crippen LogP contribution in [0.5, 0.6) is 0 Å². The van der Waals surface area contributed by atoms with E-state index in [1.165, 1.54) is 25.0 Å². The van der Waals surface area contributed by atoms with Gasteiger partial charge in [-0.05, 0) is 30.4 Å². The summed E-state index contributed by atoms with van der Waals surface area (Å²) < 4.78 is 0. The Labute approximate surface area is 106 Å². The summed E-state index contributed by atoms with van der Waals surface area (Å²) in [7, 11) is 0. The monoisotopic (exact) mass is 249 g/mol. The molecule has 3 N–H and O–H groups in total. The Kier molecular flexibility index (Phi) is 4.31. The number of hydrogen-bond acceptors (Lipinski definition) is 3. The number of aromatic nitrogens is 2. The first-order chi connectivity index (χ1) is 8.29. The number of thioether (sulfide) groups is 1. The fourth-order valence-corrected chi connectivity index (χ4v) is 2.65. The van der Waals surface area contributed by atoms with Crippen LogP contribution in [0, 0.1) is 0 Å². The number of H-pyrrole nitrogens is 1. The molecule has 1 aromatic heterocycles. The van der Waals surface area contributed by atoms with Gasteiger partial charge in [0.15, 0.2) is 0 Å². The topological polar surface area (TPSA) is 54.7 Å². The minimum Gasteiger partial charge on any atom is -0.399 e. The van der Waals surface area contributed by atoms with Crippen molar-refractivity contribution in [2.75, 3.05) is 11.5 Å². The van der Waals surface area contributed by atoms with Crippen LogP contribution in [-0.2, 0) is 5.75 Å². The van der Waals surface area contributed by atoms with Gasteiger partial charge >= 0.3 is 0 Å². The van der Waals surface area contributed by atoms with Crippen LogP contribution in [0.15, 0.2) is 18.2 Å². The Morgan fingerprint density at radius 3 is 3.06 bits per heavy atom. The smallest absolute Gasteiger partial charge is 0.117 e. The zero-order valence-electron chi connectivity index (χ0n) is 10.2. The molecule has 2 aromatic rings. The fourth-order valence-electron chi connectivity index (χ4n) is 1.77. The molecule has 0 radical (unpaired) electrons. The fraction of sp³-hybridized carbons (Fsp3) is 0.462. The quantitative estimate of drug-likeness (QED) is 0.608. The first-order valence-electron chi connectivity index (χ1n) is 6.11. The number of fused-ring (bicyclic) bond motifs is 1. The number of nitrogens with zero attached hydrogens (tertiary/aromatic N) is 1. The molecule has 3 nitrogen and oxygen atoms in total. The Balaban J connectivity index is 1.91. The van der Waals surface area contributed by atoms with Gasteiger partial charge in [-0.2, -0.15) is 11.8 Å². The standard InChI is InChI=1S/C13H19N3S/c1-2-3-4-7-17-9-13-15-11-6-5-10(14)8-12(11)16-13/h5-6,8H,2-4,7,9,14H2,1H3,(H,15,16). The van der Waals surface area contributed by atoms with E-state index in [-0.39, 0.29) is 0 Å². The number of imidazole rings is 1. The van der Waals surface area contributed by atoms with E-state index in [1.54, 1.807) is 0 Å². The summed E-state index contributed by atoms with van der Waals surface area (Å²) >= 11 is 1.94. The molecule has 0 aliphatic heterocycles. The number of aromatic amines is 1. The summed E-state index contributed by atoms with van der Waals surface area (Å²) in [6.07, 6.45) is 3.91. The summed E-state index contributed by atoms with van der Waals surface area (Å²) in [4.78, 5) is 7.86. The van der Waals surface area contributed by atoms with E-state index in [4.69, 9.17) is 5.73 Å². The molecule has 2 rings (SSSR count). The van der Waals surface area contributed by atoms with Gasteiger partial charge in [0.05, 0.1) is 16.8 Å². The number of benzene rings is 1. The number of rotatable bonds is 6. The normalized spacial score (nSPS) is 11.1. The molecule has 17 heavy (non-hydrogen) atoms. The minimum atomic E-state index is 0.781. The van der Waals surface area contributed by atoms with Crippen LogP contribution in [0.3, 0.4) is 0 Å². The van der Waals surface area contributed by atoms with E-state index in [1.807, 2.05) is 30.0 Å². The van der Waals surface area contributed by atoms with Crippen molar-refractivity contribution in [1.29, 1.82) is 0 Å². The van der Waals surface area contributed by atoms with Gasteiger partial charge < -0.3 is 10.7 Å². The summed E-state index contributed by atoms with van der Waals surface area (Å²) in [6.45, 7) is 2.23. The molecule has 4 heteroatoms. The van der Waals surface area contributed by atoms with Gasteiger partial charge in [0.1, 0.15) is 5.82 Å². The van der Waals surface area contributed by atoms with Gasteiger partial charge in [-0.25, -0.2) is 4.98 Å². The molecule has 1 aromatic carbocycles. The highest BCUT2D eigenvalue weighted by atomic mass is 32.2. The van der Waals surface area contributed by atoms with Crippen LogP contribution in [0.1, 0.15) is 32.0 Å². The van der Waals surface area contributed by atoms with Crippen LogP contribution < -0.4 is 5.73 Å². The lowest BCUT2D eigenvalue weighted by molar-refractivity contribution is 0.778. The molecule has 0 atom stereocenters. The molecule has 0 saturated carbocycles. The highest BCUT2D eigenvalue weighted by Crippen LogP contribution is 2.18. The maximum Gasteiger partial charge on any atom is 0.117 e. The molecule has 0 aliphatic carbocycles. The molecule has 0 amide bonds. The van der Waals surface area contributed by atoms with Crippen LogP contribution in [0.25, 0.3) is 11.0 Å². The maximum absolute atomic E-state index is 5.74. The van der Waals surface area contributed by atoms with Crippen molar-refractivity contribution in [1.82, 2.24) is 9.97 Å². The number of nitrogen functional groups attached to an aromatic ring is 1. The van der Waals surface area contributed by atoms with Gasteiger partial charge in [-0.1, -0.05) is 19.8 Å². The predicted molar refractivity (Wildman–Crippen MR) is 76.2 cm³/mol. The number of anilines is 1. The third kappa shape index (κ3) is 3.40. The van der Waals surface area contributed by atoms with Crippen LogP contribution in [-0.4, -0.2) is 15.7 Å². The SMILES string of the molecule is CCCCCSCc1nc2ccc(N)cc2[nH]1. The highest BCUT2D eigenvalue weighted by Gasteiger charge is 2.02.